The Morgan fingerprint density at radius 1 is 1.22 bits per heavy atom. The van der Waals surface area contributed by atoms with Gasteiger partial charge in [0.05, 0.1) is 0 Å². The third kappa shape index (κ3) is 3.38. The van der Waals surface area contributed by atoms with Crippen molar-refractivity contribution in [3.63, 3.8) is 0 Å². The van der Waals surface area contributed by atoms with E-state index in [2.05, 4.69) is 23.8 Å². The molecule has 1 heterocycles. The van der Waals surface area contributed by atoms with Crippen molar-refractivity contribution < 1.29 is 0 Å². The summed E-state index contributed by atoms with van der Waals surface area (Å²) in [5.41, 5.74) is 9.08. The topological polar surface area (TPSA) is 30.9 Å². The lowest BCUT2D eigenvalue weighted by atomic mass is 9.93. The molecule has 2 N–H and O–H groups in total. The standard InChI is InChI=1S/C16H28N2/c1-2-3-4-5-6-7-12-18-13-11-14-15(17)9-8-10-16(14)18/h11,13,15H,2-10,12,17H2,1H3. The largest absolute Gasteiger partial charge is 0.351 e. The molecule has 1 atom stereocenters. The van der Waals surface area contributed by atoms with E-state index in [0.717, 1.165) is 6.42 Å². The van der Waals surface area contributed by atoms with Gasteiger partial charge in [0.1, 0.15) is 0 Å². The number of nitrogens with two attached hydrogens (primary N) is 1. The lowest BCUT2D eigenvalue weighted by Gasteiger charge is -2.21. The second-order valence-corrected chi connectivity index (χ2v) is 5.68. The number of nitrogens with zero attached hydrogens (tertiary/aromatic N) is 1. The quantitative estimate of drug-likeness (QED) is 0.721. The molecule has 2 nitrogen and oxygen atoms in total. The van der Waals surface area contributed by atoms with E-state index in [-0.39, 0.29) is 0 Å². The Morgan fingerprint density at radius 2 is 2.00 bits per heavy atom. The number of unbranched alkanes of at least 4 members (excludes halogenated alkanes) is 5. The first-order valence-electron chi connectivity index (χ1n) is 7.76. The number of rotatable bonds is 7. The smallest absolute Gasteiger partial charge is 0.0312 e. The van der Waals surface area contributed by atoms with Crippen LogP contribution in [0.15, 0.2) is 12.3 Å². The summed E-state index contributed by atoms with van der Waals surface area (Å²) in [7, 11) is 0. The summed E-state index contributed by atoms with van der Waals surface area (Å²) in [6.07, 6.45) is 14.1. The molecule has 0 aliphatic heterocycles. The van der Waals surface area contributed by atoms with E-state index in [9.17, 15) is 0 Å². The van der Waals surface area contributed by atoms with E-state index >= 15 is 0 Å². The summed E-state index contributed by atoms with van der Waals surface area (Å²) in [6, 6.07) is 2.54. The molecule has 1 unspecified atom stereocenters. The first kappa shape index (κ1) is 13.7. The van der Waals surface area contributed by atoms with Crippen LogP contribution in [0.2, 0.25) is 0 Å². The number of hydrogen-bond acceptors (Lipinski definition) is 1. The van der Waals surface area contributed by atoms with Gasteiger partial charge < -0.3 is 10.3 Å². The van der Waals surface area contributed by atoms with Gasteiger partial charge in [0.15, 0.2) is 0 Å². The minimum absolute atomic E-state index is 0.291. The van der Waals surface area contributed by atoms with E-state index in [1.54, 1.807) is 0 Å². The van der Waals surface area contributed by atoms with E-state index in [0.29, 0.717) is 6.04 Å². The first-order chi connectivity index (χ1) is 8.83. The van der Waals surface area contributed by atoms with Crippen LogP contribution in [0.5, 0.6) is 0 Å². The highest BCUT2D eigenvalue weighted by molar-refractivity contribution is 5.28. The van der Waals surface area contributed by atoms with Gasteiger partial charge in [-0.25, -0.2) is 0 Å². The Kier molecular flexibility index (Phi) is 5.30. The third-order valence-corrected chi connectivity index (χ3v) is 4.19. The molecule has 0 spiro atoms. The molecule has 0 saturated carbocycles. The van der Waals surface area contributed by atoms with Crippen molar-refractivity contribution >= 4 is 0 Å². The average Bonchev–Trinajstić information content (AvgIpc) is 2.79. The molecule has 0 saturated heterocycles. The van der Waals surface area contributed by atoms with Crippen molar-refractivity contribution in [2.45, 2.75) is 77.3 Å². The van der Waals surface area contributed by atoms with Crippen molar-refractivity contribution in [1.82, 2.24) is 4.57 Å². The van der Waals surface area contributed by atoms with Crippen LogP contribution < -0.4 is 5.73 Å². The molecule has 0 radical (unpaired) electrons. The van der Waals surface area contributed by atoms with Gasteiger partial charge in [0, 0.05) is 24.5 Å². The Hall–Kier alpha value is -0.760. The van der Waals surface area contributed by atoms with Crippen LogP contribution in [0, 0.1) is 0 Å². The summed E-state index contributed by atoms with van der Waals surface area (Å²) >= 11 is 0. The predicted octanol–water partition coefficient (Wildman–Crippen LogP) is 4.18. The zero-order valence-electron chi connectivity index (χ0n) is 11.8. The predicted molar refractivity (Wildman–Crippen MR) is 77.7 cm³/mol. The van der Waals surface area contributed by atoms with E-state index in [4.69, 9.17) is 5.73 Å². The summed E-state index contributed by atoms with van der Waals surface area (Å²) in [6.45, 7) is 3.46. The van der Waals surface area contributed by atoms with Crippen LogP contribution in [0.1, 0.15) is 75.6 Å². The molecule has 0 aromatic carbocycles. The fourth-order valence-corrected chi connectivity index (χ4v) is 3.06. The highest BCUT2D eigenvalue weighted by atomic mass is 15.0. The monoisotopic (exact) mass is 248 g/mol. The van der Waals surface area contributed by atoms with Crippen LogP contribution in [0.4, 0.5) is 0 Å². The van der Waals surface area contributed by atoms with Gasteiger partial charge in [0.25, 0.3) is 0 Å². The van der Waals surface area contributed by atoms with Gasteiger partial charge in [0.2, 0.25) is 0 Å². The van der Waals surface area contributed by atoms with Crippen LogP contribution in [0.3, 0.4) is 0 Å². The number of hydrogen-bond donors (Lipinski definition) is 1. The van der Waals surface area contributed by atoms with E-state index in [1.807, 2.05) is 0 Å². The van der Waals surface area contributed by atoms with Gasteiger partial charge in [-0.1, -0.05) is 39.0 Å². The van der Waals surface area contributed by atoms with Crippen molar-refractivity contribution in [3.8, 4) is 0 Å². The van der Waals surface area contributed by atoms with E-state index < -0.39 is 0 Å². The summed E-state index contributed by atoms with van der Waals surface area (Å²) in [5.74, 6) is 0. The first-order valence-corrected chi connectivity index (χ1v) is 7.76. The summed E-state index contributed by atoms with van der Waals surface area (Å²) in [5, 5.41) is 0. The van der Waals surface area contributed by atoms with E-state index in [1.165, 1.54) is 69.2 Å². The summed E-state index contributed by atoms with van der Waals surface area (Å²) in [4.78, 5) is 0. The lowest BCUT2D eigenvalue weighted by Crippen LogP contribution is -2.18. The van der Waals surface area contributed by atoms with Crippen LogP contribution in [-0.4, -0.2) is 4.57 Å². The maximum Gasteiger partial charge on any atom is 0.0312 e. The molecule has 1 aromatic heterocycles. The molecule has 102 valence electrons. The molecule has 2 rings (SSSR count). The molecule has 0 bridgehead atoms. The lowest BCUT2D eigenvalue weighted by molar-refractivity contribution is 0.515. The van der Waals surface area contributed by atoms with Crippen LogP contribution >= 0.6 is 0 Å². The SMILES string of the molecule is CCCCCCCCn1ccc2c1CCCC2N. The maximum atomic E-state index is 6.16. The second kappa shape index (κ2) is 6.98. The van der Waals surface area contributed by atoms with Crippen molar-refractivity contribution in [3.05, 3.63) is 23.5 Å². The zero-order valence-corrected chi connectivity index (χ0v) is 11.8. The minimum atomic E-state index is 0.291. The Bertz CT molecular complexity index is 354. The van der Waals surface area contributed by atoms with Gasteiger partial charge in [-0.2, -0.15) is 0 Å². The molecule has 2 heteroatoms. The molecule has 0 amide bonds. The fourth-order valence-electron chi connectivity index (χ4n) is 3.06. The van der Waals surface area contributed by atoms with Gasteiger partial charge in [-0.3, -0.25) is 0 Å². The highest BCUT2D eigenvalue weighted by Crippen LogP contribution is 2.28. The third-order valence-electron chi connectivity index (χ3n) is 4.19. The van der Waals surface area contributed by atoms with Gasteiger partial charge in [-0.15, -0.1) is 0 Å². The number of fused-ring (bicyclic) bond motifs is 1. The molecule has 0 fully saturated rings. The van der Waals surface area contributed by atoms with Crippen molar-refractivity contribution in [1.29, 1.82) is 0 Å². The molecular formula is C16H28N2. The number of aryl methyl sites for hydroxylation is 1. The highest BCUT2D eigenvalue weighted by Gasteiger charge is 2.19. The molecule has 1 aliphatic rings. The summed E-state index contributed by atoms with van der Waals surface area (Å²) < 4.78 is 2.45. The maximum absolute atomic E-state index is 6.16. The zero-order chi connectivity index (χ0) is 12.8. The Morgan fingerprint density at radius 3 is 2.83 bits per heavy atom. The Labute approximate surface area is 112 Å². The molecule has 18 heavy (non-hydrogen) atoms. The van der Waals surface area contributed by atoms with Crippen LogP contribution in [-0.2, 0) is 13.0 Å². The van der Waals surface area contributed by atoms with Crippen LogP contribution in [0.25, 0.3) is 0 Å². The molecule has 1 aromatic rings. The normalized spacial score (nSPS) is 18.9. The van der Waals surface area contributed by atoms with Crippen molar-refractivity contribution in [2.75, 3.05) is 0 Å². The van der Waals surface area contributed by atoms with Gasteiger partial charge >= 0.3 is 0 Å². The second-order valence-electron chi connectivity index (χ2n) is 5.68. The Balaban J connectivity index is 1.76. The van der Waals surface area contributed by atoms with Crippen molar-refractivity contribution in [2.24, 2.45) is 5.73 Å². The number of aromatic nitrogens is 1. The molecule has 1 aliphatic carbocycles. The fraction of sp³-hybridized carbons (Fsp3) is 0.750. The molecular weight excluding hydrogens is 220 g/mol. The average molecular weight is 248 g/mol. The minimum Gasteiger partial charge on any atom is -0.351 e. The van der Waals surface area contributed by atoms with Gasteiger partial charge in [-0.05, 0) is 37.3 Å².